The van der Waals surface area contributed by atoms with Gasteiger partial charge in [-0.15, -0.1) is 5.10 Å². The van der Waals surface area contributed by atoms with E-state index >= 15 is 0 Å². The van der Waals surface area contributed by atoms with Gasteiger partial charge in [-0.3, -0.25) is 9.89 Å². The van der Waals surface area contributed by atoms with E-state index < -0.39 is 0 Å². The normalized spacial score (nSPS) is 10.4. The summed E-state index contributed by atoms with van der Waals surface area (Å²) in [6.07, 6.45) is 0. The molecule has 6 nitrogen and oxygen atoms in total. The van der Waals surface area contributed by atoms with Crippen molar-refractivity contribution in [3.63, 3.8) is 0 Å². The molecule has 1 aromatic carbocycles. The highest BCUT2D eigenvalue weighted by molar-refractivity contribution is 7.99. The second-order valence-corrected chi connectivity index (χ2v) is 5.28. The van der Waals surface area contributed by atoms with Gasteiger partial charge in [-0.2, -0.15) is 0 Å². The number of hydrogen-bond donors (Lipinski definition) is 1. The van der Waals surface area contributed by atoms with E-state index in [1.54, 1.807) is 32.2 Å². The molecule has 0 aliphatic carbocycles. The number of rotatable bonds is 6. The van der Waals surface area contributed by atoms with E-state index in [0.29, 0.717) is 33.9 Å². The van der Waals surface area contributed by atoms with E-state index in [2.05, 4.69) is 15.2 Å². The molecule has 2 aromatic rings. The number of H-pyrrole nitrogens is 1. The lowest BCUT2D eigenvalue weighted by molar-refractivity contribution is -0.139. The number of carbonyl (C=O) groups excluding carboxylic acids is 1. The van der Waals surface area contributed by atoms with Crippen LogP contribution >= 0.6 is 23.4 Å². The molecule has 0 saturated carbocycles. The third-order valence-corrected chi connectivity index (χ3v) is 3.56. The molecule has 0 aliphatic rings. The largest absolute Gasteiger partial charge is 0.496 e. The van der Waals surface area contributed by atoms with Gasteiger partial charge < -0.3 is 9.47 Å². The molecule has 0 saturated heterocycles. The van der Waals surface area contributed by atoms with E-state index in [1.165, 1.54) is 11.8 Å². The maximum atomic E-state index is 11.3. The summed E-state index contributed by atoms with van der Waals surface area (Å²) in [4.78, 5) is 15.6. The number of halogens is 1. The SMILES string of the molecule is CCOC(=O)CSc1n[nH]c(-c2cc(Cl)ccc2OC)n1. The topological polar surface area (TPSA) is 77.1 Å². The Labute approximate surface area is 131 Å². The average molecular weight is 328 g/mol. The summed E-state index contributed by atoms with van der Waals surface area (Å²) in [5, 5.41) is 7.89. The molecule has 0 aliphatic heterocycles. The molecule has 21 heavy (non-hydrogen) atoms. The van der Waals surface area contributed by atoms with E-state index in [1.807, 2.05) is 0 Å². The van der Waals surface area contributed by atoms with Crippen molar-refractivity contribution < 1.29 is 14.3 Å². The zero-order valence-corrected chi connectivity index (χ0v) is 13.1. The first-order valence-electron chi connectivity index (χ1n) is 6.18. The first-order valence-corrected chi connectivity index (χ1v) is 7.55. The number of aromatic amines is 1. The fraction of sp³-hybridized carbons (Fsp3) is 0.308. The van der Waals surface area contributed by atoms with E-state index in [4.69, 9.17) is 21.1 Å². The van der Waals surface area contributed by atoms with Crippen molar-refractivity contribution in [1.82, 2.24) is 15.2 Å². The quantitative estimate of drug-likeness (QED) is 0.649. The van der Waals surface area contributed by atoms with E-state index in [-0.39, 0.29) is 11.7 Å². The van der Waals surface area contributed by atoms with Gasteiger partial charge in [0.15, 0.2) is 5.82 Å². The number of thioether (sulfide) groups is 1. The van der Waals surface area contributed by atoms with Crippen molar-refractivity contribution >= 4 is 29.3 Å². The standard InChI is InChI=1S/C13H14ClN3O3S/c1-3-20-11(18)7-21-13-15-12(16-17-13)9-6-8(14)4-5-10(9)19-2/h4-6H,3,7H2,1-2H3,(H,15,16,17). The number of carbonyl (C=O) groups is 1. The van der Waals surface area contributed by atoms with Crippen molar-refractivity contribution in [3.05, 3.63) is 23.2 Å². The molecular weight excluding hydrogens is 314 g/mol. The zero-order chi connectivity index (χ0) is 15.2. The van der Waals surface area contributed by atoms with Gasteiger partial charge in [-0.1, -0.05) is 23.4 Å². The van der Waals surface area contributed by atoms with Crippen LogP contribution in [0.4, 0.5) is 0 Å². The fourth-order valence-electron chi connectivity index (χ4n) is 1.62. The van der Waals surface area contributed by atoms with Gasteiger partial charge in [0, 0.05) is 5.02 Å². The Bertz CT molecular complexity index is 633. The van der Waals surface area contributed by atoms with Crippen molar-refractivity contribution in [3.8, 4) is 17.1 Å². The second-order valence-electron chi connectivity index (χ2n) is 3.90. The molecule has 112 valence electrons. The maximum Gasteiger partial charge on any atom is 0.316 e. The number of hydrogen-bond acceptors (Lipinski definition) is 6. The Morgan fingerprint density at radius 1 is 1.48 bits per heavy atom. The molecule has 1 N–H and O–H groups in total. The van der Waals surface area contributed by atoms with Crippen LogP contribution in [-0.4, -0.2) is 40.6 Å². The first kappa shape index (κ1) is 15.7. The number of methoxy groups -OCH3 is 1. The van der Waals surface area contributed by atoms with Crippen LogP contribution in [0.1, 0.15) is 6.92 Å². The van der Waals surface area contributed by atoms with Crippen LogP contribution in [0.25, 0.3) is 11.4 Å². The molecule has 0 radical (unpaired) electrons. The molecule has 0 bridgehead atoms. The van der Waals surface area contributed by atoms with Crippen LogP contribution in [0.2, 0.25) is 5.02 Å². The number of nitrogens with one attached hydrogen (secondary N) is 1. The molecule has 1 aromatic heterocycles. The van der Waals surface area contributed by atoms with Crippen molar-refractivity contribution in [2.45, 2.75) is 12.1 Å². The summed E-state index contributed by atoms with van der Waals surface area (Å²) < 4.78 is 10.1. The summed E-state index contributed by atoms with van der Waals surface area (Å²) in [5.41, 5.74) is 0.709. The molecule has 0 amide bonds. The minimum atomic E-state index is -0.297. The monoisotopic (exact) mass is 327 g/mol. The lowest BCUT2D eigenvalue weighted by Crippen LogP contribution is -2.06. The highest BCUT2D eigenvalue weighted by Crippen LogP contribution is 2.31. The van der Waals surface area contributed by atoms with Crippen LogP contribution in [-0.2, 0) is 9.53 Å². The third-order valence-electron chi connectivity index (χ3n) is 2.51. The number of nitrogens with zero attached hydrogens (tertiary/aromatic N) is 2. The second kappa shape index (κ2) is 7.33. The minimum Gasteiger partial charge on any atom is -0.496 e. The summed E-state index contributed by atoms with van der Waals surface area (Å²) in [7, 11) is 1.57. The Morgan fingerprint density at radius 2 is 2.29 bits per heavy atom. The molecule has 0 unspecified atom stereocenters. The molecule has 0 fully saturated rings. The summed E-state index contributed by atoms with van der Waals surface area (Å²) in [6.45, 7) is 2.12. The highest BCUT2D eigenvalue weighted by Gasteiger charge is 2.13. The fourth-order valence-corrected chi connectivity index (χ4v) is 2.39. The maximum absolute atomic E-state index is 11.3. The van der Waals surface area contributed by atoms with Crippen molar-refractivity contribution in [2.75, 3.05) is 19.5 Å². The number of benzene rings is 1. The first-order chi connectivity index (χ1) is 10.1. The lowest BCUT2D eigenvalue weighted by atomic mass is 10.2. The third kappa shape index (κ3) is 4.12. The van der Waals surface area contributed by atoms with Gasteiger partial charge in [0.1, 0.15) is 5.75 Å². The molecule has 1 heterocycles. The van der Waals surface area contributed by atoms with Crippen molar-refractivity contribution in [1.29, 1.82) is 0 Å². The average Bonchev–Trinajstić information content (AvgIpc) is 2.94. The Hall–Kier alpha value is -1.73. The van der Waals surface area contributed by atoms with Crippen molar-refractivity contribution in [2.24, 2.45) is 0 Å². The van der Waals surface area contributed by atoms with Crippen LogP contribution in [0.15, 0.2) is 23.4 Å². The number of ether oxygens (including phenoxy) is 2. The smallest absolute Gasteiger partial charge is 0.316 e. The zero-order valence-electron chi connectivity index (χ0n) is 11.6. The van der Waals surface area contributed by atoms with Gasteiger partial charge in [0.05, 0.1) is 25.0 Å². The lowest BCUT2D eigenvalue weighted by Gasteiger charge is -2.05. The highest BCUT2D eigenvalue weighted by atomic mass is 35.5. The van der Waals surface area contributed by atoms with Crippen LogP contribution < -0.4 is 4.74 Å². The molecular formula is C13H14ClN3O3S. The van der Waals surface area contributed by atoms with Gasteiger partial charge in [0.25, 0.3) is 0 Å². The summed E-state index contributed by atoms with van der Waals surface area (Å²) in [5.74, 6) is 1.03. The summed E-state index contributed by atoms with van der Waals surface area (Å²) >= 11 is 7.18. The Balaban J connectivity index is 2.13. The van der Waals surface area contributed by atoms with Crippen LogP contribution in [0.5, 0.6) is 5.75 Å². The van der Waals surface area contributed by atoms with Crippen LogP contribution in [0, 0.1) is 0 Å². The minimum absolute atomic E-state index is 0.164. The molecule has 2 rings (SSSR count). The Morgan fingerprint density at radius 3 is 3.00 bits per heavy atom. The number of aromatic nitrogens is 3. The van der Waals surface area contributed by atoms with Gasteiger partial charge >= 0.3 is 5.97 Å². The van der Waals surface area contributed by atoms with E-state index in [9.17, 15) is 4.79 Å². The van der Waals surface area contributed by atoms with E-state index in [0.717, 1.165) is 0 Å². The predicted octanol–water partition coefficient (Wildman–Crippen LogP) is 2.79. The van der Waals surface area contributed by atoms with Crippen LogP contribution in [0.3, 0.4) is 0 Å². The Kier molecular flexibility index (Phi) is 5.46. The van der Waals surface area contributed by atoms with Gasteiger partial charge in [-0.25, -0.2) is 4.98 Å². The molecule has 8 heteroatoms. The predicted molar refractivity (Wildman–Crippen MR) is 80.7 cm³/mol. The van der Waals surface area contributed by atoms with Gasteiger partial charge in [-0.05, 0) is 25.1 Å². The molecule has 0 atom stereocenters. The summed E-state index contributed by atoms with van der Waals surface area (Å²) in [6, 6.07) is 5.23. The number of esters is 1. The molecule has 0 spiro atoms. The van der Waals surface area contributed by atoms with Gasteiger partial charge in [0.2, 0.25) is 5.16 Å².